The van der Waals surface area contributed by atoms with Crippen molar-refractivity contribution in [2.75, 3.05) is 0 Å². The van der Waals surface area contributed by atoms with E-state index in [0.29, 0.717) is 11.4 Å². The number of nitrogens with zero attached hydrogens (tertiary/aromatic N) is 1. The molecule has 0 unspecified atom stereocenters. The average Bonchev–Trinajstić information content (AvgIpc) is 1.95. The lowest BCUT2D eigenvalue weighted by molar-refractivity contribution is 0.463. The molecule has 1 rings (SSSR count). The molecule has 0 radical (unpaired) electrons. The van der Waals surface area contributed by atoms with E-state index in [2.05, 4.69) is 17.6 Å². The molecule has 2 nitrogen and oxygen atoms in total. The maximum absolute atomic E-state index is 9.29. The predicted octanol–water partition coefficient (Wildman–Crippen LogP) is 1.53. The van der Waals surface area contributed by atoms with Gasteiger partial charge in [0, 0.05) is 17.5 Å². The second-order valence-electron chi connectivity index (χ2n) is 2.06. The van der Waals surface area contributed by atoms with Crippen LogP contribution in [0.25, 0.3) is 0 Å². The number of aromatic hydroxyl groups is 1. The molecule has 54 valence electrons. The molecule has 10 heavy (non-hydrogen) atoms. The normalized spacial score (nSPS) is 9.80. The fourth-order valence-electron chi connectivity index (χ4n) is 0.739. The van der Waals surface area contributed by atoms with Crippen molar-refractivity contribution in [1.82, 2.24) is 4.98 Å². The zero-order valence-electron chi connectivity index (χ0n) is 5.70. The van der Waals surface area contributed by atoms with Gasteiger partial charge in [0.05, 0.1) is 5.69 Å². The molecule has 0 aliphatic rings. The number of hydrogen-bond donors (Lipinski definition) is 2. The van der Waals surface area contributed by atoms with Gasteiger partial charge in [-0.3, -0.25) is 4.98 Å². The SMILES string of the molecule is Cc1nccc(CS)c1O. The monoisotopic (exact) mass is 155 g/mol. The molecule has 0 atom stereocenters. The lowest BCUT2D eigenvalue weighted by Crippen LogP contribution is -1.85. The molecule has 1 N–H and O–H groups in total. The second-order valence-corrected chi connectivity index (χ2v) is 2.38. The van der Waals surface area contributed by atoms with E-state index >= 15 is 0 Å². The number of pyridine rings is 1. The van der Waals surface area contributed by atoms with Crippen molar-refractivity contribution in [3.05, 3.63) is 23.5 Å². The van der Waals surface area contributed by atoms with Gasteiger partial charge in [0.15, 0.2) is 0 Å². The Morgan fingerprint density at radius 2 is 2.40 bits per heavy atom. The van der Waals surface area contributed by atoms with Crippen molar-refractivity contribution in [3.63, 3.8) is 0 Å². The zero-order valence-corrected chi connectivity index (χ0v) is 6.60. The molecule has 0 fully saturated rings. The highest BCUT2D eigenvalue weighted by Gasteiger charge is 2.00. The van der Waals surface area contributed by atoms with Gasteiger partial charge in [0.1, 0.15) is 5.75 Å². The van der Waals surface area contributed by atoms with Crippen LogP contribution >= 0.6 is 12.6 Å². The zero-order chi connectivity index (χ0) is 7.56. The average molecular weight is 155 g/mol. The Hall–Kier alpha value is -0.700. The molecule has 3 heteroatoms. The summed E-state index contributed by atoms with van der Waals surface area (Å²) in [6.45, 7) is 1.77. The molecule has 0 aliphatic heterocycles. The summed E-state index contributed by atoms with van der Waals surface area (Å²) < 4.78 is 0. The van der Waals surface area contributed by atoms with E-state index in [0.717, 1.165) is 5.56 Å². The van der Waals surface area contributed by atoms with Crippen molar-refractivity contribution < 1.29 is 5.11 Å². The molecular formula is C7H9NOS. The smallest absolute Gasteiger partial charge is 0.140 e. The molecule has 0 saturated heterocycles. The summed E-state index contributed by atoms with van der Waals surface area (Å²) in [6.07, 6.45) is 1.67. The van der Waals surface area contributed by atoms with Crippen molar-refractivity contribution >= 4 is 12.6 Å². The van der Waals surface area contributed by atoms with E-state index in [1.165, 1.54) is 0 Å². The third kappa shape index (κ3) is 1.24. The third-order valence-electron chi connectivity index (χ3n) is 1.36. The van der Waals surface area contributed by atoms with Gasteiger partial charge in [-0.05, 0) is 13.0 Å². The summed E-state index contributed by atoms with van der Waals surface area (Å²) in [7, 11) is 0. The van der Waals surface area contributed by atoms with Crippen molar-refractivity contribution in [2.45, 2.75) is 12.7 Å². The minimum Gasteiger partial charge on any atom is -0.506 e. The van der Waals surface area contributed by atoms with Gasteiger partial charge in [-0.15, -0.1) is 0 Å². The Bertz CT molecular complexity index is 237. The number of thiol groups is 1. The second kappa shape index (κ2) is 2.92. The largest absolute Gasteiger partial charge is 0.506 e. The van der Waals surface area contributed by atoms with Crippen molar-refractivity contribution in [1.29, 1.82) is 0 Å². The summed E-state index contributed by atoms with van der Waals surface area (Å²) in [5.41, 5.74) is 1.49. The van der Waals surface area contributed by atoms with E-state index in [-0.39, 0.29) is 5.75 Å². The Balaban J connectivity index is 3.14. The van der Waals surface area contributed by atoms with Gasteiger partial charge in [0.25, 0.3) is 0 Å². The maximum atomic E-state index is 9.29. The van der Waals surface area contributed by atoms with Gasteiger partial charge in [0.2, 0.25) is 0 Å². The molecule has 0 aliphatic carbocycles. The van der Waals surface area contributed by atoms with Gasteiger partial charge in [-0.1, -0.05) is 0 Å². The molecule has 1 heterocycles. The van der Waals surface area contributed by atoms with Gasteiger partial charge < -0.3 is 5.11 Å². The van der Waals surface area contributed by atoms with Crippen molar-refractivity contribution in [3.8, 4) is 5.75 Å². The van der Waals surface area contributed by atoms with Crippen LogP contribution in [0.5, 0.6) is 5.75 Å². The van der Waals surface area contributed by atoms with Crippen LogP contribution < -0.4 is 0 Å². The van der Waals surface area contributed by atoms with Crippen LogP contribution in [0.1, 0.15) is 11.3 Å². The van der Waals surface area contributed by atoms with Gasteiger partial charge in [-0.2, -0.15) is 12.6 Å². The first-order valence-corrected chi connectivity index (χ1v) is 3.63. The number of aromatic nitrogens is 1. The van der Waals surface area contributed by atoms with E-state index in [1.54, 1.807) is 19.2 Å². The van der Waals surface area contributed by atoms with Gasteiger partial charge >= 0.3 is 0 Å². The third-order valence-corrected chi connectivity index (χ3v) is 1.70. The molecule has 0 spiro atoms. The Labute approximate surface area is 65.3 Å². The summed E-state index contributed by atoms with van der Waals surface area (Å²) in [5, 5.41) is 9.29. The number of rotatable bonds is 1. The van der Waals surface area contributed by atoms with Crippen LogP contribution in [-0.2, 0) is 5.75 Å². The molecular weight excluding hydrogens is 146 g/mol. The standard InChI is InChI=1S/C7H9NOS/c1-5-7(9)6(4-10)2-3-8-5/h2-3,9-10H,4H2,1H3. The van der Waals surface area contributed by atoms with Crippen molar-refractivity contribution in [2.24, 2.45) is 0 Å². The first-order valence-electron chi connectivity index (χ1n) is 3.00. The quantitative estimate of drug-likeness (QED) is 0.603. The molecule has 1 aromatic heterocycles. The van der Waals surface area contributed by atoms with Crippen LogP contribution in [-0.4, -0.2) is 10.1 Å². The highest BCUT2D eigenvalue weighted by Crippen LogP contribution is 2.20. The molecule has 0 bridgehead atoms. The number of hydrogen-bond acceptors (Lipinski definition) is 3. The summed E-state index contributed by atoms with van der Waals surface area (Å²) in [5.74, 6) is 0.812. The highest BCUT2D eigenvalue weighted by atomic mass is 32.1. The van der Waals surface area contributed by atoms with E-state index in [9.17, 15) is 5.11 Å². The lowest BCUT2D eigenvalue weighted by Gasteiger charge is -2.01. The predicted molar refractivity (Wildman–Crippen MR) is 43.3 cm³/mol. The Morgan fingerprint density at radius 3 is 2.90 bits per heavy atom. The molecule has 1 aromatic rings. The molecule has 0 amide bonds. The van der Waals surface area contributed by atoms with E-state index in [4.69, 9.17) is 0 Å². The fraction of sp³-hybridized carbons (Fsp3) is 0.286. The molecule has 0 saturated carbocycles. The topological polar surface area (TPSA) is 33.1 Å². The first-order chi connectivity index (χ1) is 4.75. The van der Waals surface area contributed by atoms with Crippen LogP contribution in [0, 0.1) is 6.92 Å². The summed E-state index contributed by atoms with van der Waals surface area (Å²) >= 11 is 4.04. The number of aryl methyl sites for hydroxylation is 1. The minimum absolute atomic E-state index is 0.262. The molecule has 0 aromatic carbocycles. The van der Waals surface area contributed by atoms with Crippen LogP contribution in [0.4, 0.5) is 0 Å². The van der Waals surface area contributed by atoms with Gasteiger partial charge in [-0.25, -0.2) is 0 Å². The summed E-state index contributed by atoms with van der Waals surface area (Å²) in [4.78, 5) is 3.90. The lowest BCUT2D eigenvalue weighted by atomic mass is 10.2. The Morgan fingerprint density at radius 1 is 1.70 bits per heavy atom. The fourth-order valence-corrected chi connectivity index (χ4v) is 0.994. The summed E-state index contributed by atoms with van der Waals surface area (Å²) in [6, 6.07) is 1.76. The van der Waals surface area contributed by atoms with Crippen LogP contribution in [0.2, 0.25) is 0 Å². The highest BCUT2D eigenvalue weighted by molar-refractivity contribution is 7.79. The minimum atomic E-state index is 0.262. The maximum Gasteiger partial charge on any atom is 0.140 e. The van der Waals surface area contributed by atoms with Crippen LogP contribution in [0.15, 0.2) is 12.3 Å². The first kappa shape index (κ1) is 7.41. The van der Waals surface area contributed by atoms with E-state index in [1.807, 2.05) is 0 Å². The van der Waals surface area contributed by atoms with E-state index < -0.39 is 0 Å². The Kier molecular flexibility index (Phi) is 2.17. The van der Waals surface area contributed by atoms with Crippen LogP contribution in [0.3, 0.4) is 0 Å².